The number of alkyl halides is 3. The molecule has 184 valence electrons. The van der Waals surface area contributed by atoms with E-state index in [1.165, 1.54) is 38.4 Å². The highest BCUT2D eigenvalue weighted by Crippen LogP contribution is 2.55. The maximum absolute atomic E-state index is 14.2. The number of halogens is 4. The van der Waals surface area contributed by atoms with Crippen LogP contribution in [-0.4, -0.2) is 46.9 Å². The van der Waals surface area contributed by atoms with Gasteiger partial charge in [-0.1, -0.05) is 13.0 Å². The van der Waals surface area contributed by atoms with Gasteiger partial charge in [-0.25, -0.2) is 4.39 Å². The minimum atomic E-state index is -4.84. The zero-order valence-electron chi connectivity index (χ0n) is 18.4. The minimum Gasteiger partial charge on any atom is -0.496 e. The van der Waals surface area contributed by atoms with Gasteiger partial charge in [-0.2, -0.15) is 13.2 Å². The number of nitrogens with zero attached hydrogens (tertiary/aromatic N) is 1. The first kappa shape index (κ1) is 25.4. The first-order valence-corrected chi connectivity index (χ1v) is 10.1. The van der Waals surface area contributed by atoms with E-state index in [0.29, 0.717) is 0 Å². The molecule has 0 unspecified atom stereocenters. The van der Waals surface area contributed by atoms with Crippen LogP contribution < -0.4 is 15.8 Å². The van der Waals surface area contributed by atoms with Crippen molar-refractivity contribution in [3.05, 3.63) is 53.1 Å². The summed E-state index contributed by atoms with van der Waals surface area (Å²) in [5, 5.41) is 12.0. The third kappa shape index (κ3) is 4.30. The van der Waals surface area contributed by atoms with Gasteiger partial charge in [0, 0.05) is 29.3 Å². The number of aliphatic hydroxyl groups excluding tert-OH is 1. The highest BCUT2D eigenvalue weighted by Gasteiger charge is 2.65. The lowest BCUT2D eigenvalue weighted by molar-refractivity contribution is -0.272. The lowest BCUT2D eigenvalue weighted by Gasteiger charge is -2.32. The summed E-state index contributed by atoms with van der Waals surface area (Å²) in [6, 6.07) is 4.68. The van der Waals surface area contributed by atoms with Gasteiger partial charge in [0.2, 0.25) is 0 Å². The summed E-state index contributed by atoms with van der Waals surface area (Å²) in [5.41, 5.74) is 2.16. The fourth-order valence-corrected chi connectivity index (χ4v) is 4.15. The second-order valence-corrected chi connectivity index (χ2v) is 8.05. The maximum atomic E-state index is 14.2. The fraction of sp³-hybridized carbons (Fsp3) is 0.409. The minimum absolute atomic E-state index is 0.0616. The first-order valence-electron chi connectivity index (χ1n) is 10.1. The molecule has 1 aliphatic rings. The van der Waals surface area contributed by atoms with Gasteiger partial charge in [-0.3, -0.25) is 14.6 Å². The molecule has 1 fully saturated rings. The summed E-state index contributed by atoms with van der Waals surface area (Å²) in [6.45, 7) is 1.33. The molecule has 0 saturated carbocycles. The molecule has 0 radical (unpaired) electrons. The molecule has 0 aliphatic carbocycles. The van der Waals surface area contributed by atoms with Crippen LogP contribution in [0.25, 0.3) is 0 Å². The summed E-state index contributed by atoms with van der Waals surface area (Å²) in [6.07, 6.45) is -5.33. The Morgan fingerprint density at radius 2 is 2.00 bits per heavy atom. The topological polar surface area (TPSA) is 124 Å². The van der Waals surface area contributed by atoms with Crippen molar-refractivity contribution in [1.82, 2.24) is 4.98 Å². The predicted octanol–water partition coefficient (Wildman–Crippen LogP) is 2.90. The Bertz CT molecular complexity index is 1110. The van der Waals surface area contributed by atoms with Crippen molar-refractivity contribution in [3.8, 4) is 5.75 Å². The second-order valence-electron chi connectivity index (χ2n) is 8.05. The van der Waals surface area contributed by atoms with Crippen LogP contribution in [0, 0.1) is 11.7 Å². The fourth-order valence-electron chi connectivity index (χ4n) is 4.15. The number of nitrogens with two attached hydrogens (primary N) is 1. The van der Waals surface area contributed by atoms with Crippen molar-refractivity contribution in [2.75, 3.05) is 12.4 Å². The van der Waals surface area contributed by atoms with Crippen LogP contribution in [-0.2, 0) is 16.1 Å². The number of primary amides is 1. The number of rotatable bonds is 6. The van der Waals surface area contributed by atoms with Gasteiger partial charge in [0.05, 0.1) is 19.3 Å². The number of hydrogen-bond donors (Lipinski definition) is 3. The maximum Gasteiger partial charge on any atom is 0.417 e. The van der Waals surface area contributed by atoms with E-state index in [1.54, 1.807) is 0 Å². The summed E-state index contributed by atoms with van der Waals surface area (Å²) in [5.74, 6) is -5.34. The molecule has 12 heteroatoms. The molecule has 2 aromatic rings. The SMILES string of the molecule is COc1c([C@H]2[C@H](C(=O)Nc3ccnc(C(N)=O)c3)O[C@@](C)(C(F)(F)F)[C@H]2C)ccc(F)c1CO. The van der Waals surface area contributed by atoms with Gasteiger partial charge in [-0.05, 0) is 25.1 Å². The van der Waals surface area contributed by atoms with Gasteiger partial charge in [0.15, 0.2) is 5.60 Å². The van der Waals surface area contributed by atoms with Crippen LogP contribution in [0.3, 0.4) is 0 Å². The number of anilines is 1. The second kappa shape index (κ2) is 9.18. The van der Waals surface area contributed by atoms with Crippen LogP contribution >= 0.6 is 0 Å². The summed E-state index contributed by atoms with van der Waals surface area (Å²) in [4.78, 5) is 28.3. The van der Waals surface area contributed by atoms with E-state index in [-0.39, 0.29) is 28.3 Å². The molecule has 0 spiro atoms. The molecule has 1 aromatic carbocycles. The number of methoxy groups -OCH3 is 1. The third-order valence-electron chi connectivity index (χ3n) is 6.16. The number of pyridine rings is 1. The number of carbonyl (C=O) groups is 2. The average molecular weight is 485 g/mol. The summed E-state index contributed by atoms with van der Waals surface area (Å²) >= 11 is 0. The van der Waals surface area contributed by atoms with Gasteiger partial charge < -0.3 is 25.6 Å². The number of ether oxygens (including phenoxy) is 2. The van der Waals surface area contributed by atoms with E-state index in [4.69, 9.17) is 15.2 Å². The Hall–Kier alpha value is -3.25. The van der Waals surface area contributed by atoms with Crippen molar-refractivity contribution >= 4 is 17.5 Å². The molecular formula is C22H23F4N3O5. The smallest absolute Gasteiger partial charge is 0.417 e. The Labute approximate surface area is 192 Å². The van der Waals surface area contributed by atoms with Crippen LogP contribution in [0.15, 0.2) is 30.5 Å². The zero-order valence-corrected chi connectivity index (χ0v) is 18.4. The number of aromatic nitrogens is 1. The van der Waals surface area contributed by atoms with Crippen LogP contribution in [0.4, 0.5) is 23.2 Å². The van der Waals surface area contributed by atoms with E-state index in [0.717, 1.165) is 13.0 Å². The molecule has 2 heterocycles. The Morgan fingerprint density at radius 3 is 2.56 bits per heavy atom. The van der Waals surface area contributed by atoms with Crippen LogP contribution in [0.1, 0.15) is 41.4 Å². The molecule has 4 atom stereocenters. The Kier molecular flexibility index (Phi) is 6.85. The molecule has 1 saturated heterocycles. The zero-order chi connectivity index (χ0) is 25.4. The quantitative estimate of drug-likeness (QED) is 0.541. The predicted molar refractivity (Wildman–Crippen MR) is 111 cm³/mol. The van der Waals surface area contributed by atoms with Gasteiger partial charge in [-0.15, -0.1) is 0 Å². The Balaban J connectivity index is 2.10. The average Bonchev–Trinajstić information content (AvgIpc) is 3.05. The van der Waals surface area contributed by atoms with E-state index in [9.17, 15) is 32.3 Å². The summed E-state index contributed by atoms with van der Waals surface area (Å²) < 4.78 is 66.9. The van der Waals surface area contributed by atoms with Gasteiger partial charge in [0.1, 0.15) is 23.4 Å². The number of nitrogens with one attached hydrogen (secondary N) is 1. The molecule has 0 bridgehead atoms. The van der Waals surface area contributed by atoms with E-state index in [2.05, 4.69) is 10.3 Å². The van der Waals surface area contributed by atoms with Gasteiger partial charge in [0.25, 0.3) is 11.8 Å². The highest BCUT2D eigenvalue weighted by molar-refractivity contribution is 5.97. The number of amides is 2. The molecule has 4 N–H and O–H groups in total. The van der Waals surface area contributed by atoms with Crippen LogP contribution in [0.2, 0.25) is 0 Å². The molecule has 2 amide bonds. The van der Waals surface area contributed by atoms with E-state index < -0.39 is 54.0 Å². The van der Waals surface area contributed by atoms with E-state index >= 15 is 0 Å². The van der Waals surface area contributed by atoms with Crippen molar-refractivity contribution < 1.29 is 41.7 Å². The lowest BCUT2D eigenvalue weighted by atomic mass is 9.76. The number of aliphatic hydroxyl groups is 1. The molecule has 3 rings (SSSR count). The molecule has 1 aromatic heterocycles. The van der Waals surface area contributed by atoms with Crippen molar-refractivity contribution in [2.45, 2.75) is 44.3 Å². The Morgan fingerprint density at radius 1 is 1.32 bits per heavy atom. The first-order chi connectivity index (χ1) is 15.9. The number of benzene rings is 1. The largest absolute Gasteiger partial charge is 0.496 e. The highest BCUT2D eigenvalue weighted by atomic mass is 19.4. The standard InChI is InChI=1S/C22H23F4N3O5/c1-10-16(12-4-5-14(23)13(9-30)17(12)33-3)18(34-21(10,2)22(24,25)26)20(32)29-11-6-7-28-15(8-11)19(27)31/h4-8,10,16,18,30H,9H2,1-3H3,(H2,27,31)(H,28,29,32)/t10-,16-,18+,21+/m0/s1. The normalized spacial score (nSPS) is 24.6. The monoisotopic (exact) mass is 485 g/mol. The van der Waals surface area contributed by atoms with Crippen molar-refractivity contribution in [1.29, 1.82) is 0 Å². The third-order valence-corrected chi connectivity index (χ3v) is 6.16. The number of carbonyl (C=O) groups excluding carboxylic acids is 2. The van der Waals surface area contributed by atoms with Crippen molar-refractivity contribution in [2.24, 2.45) is 11.7 Å². The van der Waals surface area contributed by atoms with E-state index in [1.807, 2.05) is 0 Å². The summed E-state index contributed by atoms with van der Waals surface area (Å²) in [7, 11) is 1.18. The lowest BCUT2D eigenvalue weighted by Crippen LogP contribution is -2.47. The molecule has 1 aliphatic heterocycles. The molecule has 34 heavy (non-hydrogen) atoms. The number of hydrogen-bond acceptors (Lipinski definition) is 6. The molecule has 8 nitrogen and oxygen atoms in total. The van der Waals surface area contributed by atoms with Crippen molar-refractivity contribution in [3.63, 3.8) is 0 Å². The van der Waals surface area contributed by atoms with Gasteiger partial charge >= 0.3 is 6.18 Å². The van der Waals surface area contributed by atoms with Crippen LogP contribution in [0.5, 0.6) is 5.75 Å². The molecular weight excluding hydrogens is 462 g/mol.